The molecule has 0 atom stereocenters. The van der Waals surface area contributed by atoms with Crippen molar-refractivity contribution in [2.24, 2.45) is 0 Å². The summed E-state index contributed by atoms with van der Waals surface area (Å²) in [7, 11) is 0. The van der Waals surface area contributed by atoms with Gasteiger partial charge < -0.3 is 9.73 Å². The standard InChI is InChI=1S/C7H12N2O/c1-5(2)9-7-4-8-6(3)10-7/h4-5,9H,1-3H3. The van der Waals surface area contributed by atoms with Gasteiger partial charge in [-0.15, -0.1) is 0 Å². The van der Waals surface area contributed by atoms with Crippen LogP contribution in [0.15, 0.2) is 10.6 Å². The molecular weight excluding hydrogens is 128 g/mol. The maximum Gasteiger partial charge on any atom is 0.213 e. The fourth-order valence-corrected chi connectivity index (χ4v) is 0.713. The van der Waals surface area contributed by atoms with Crippen molar-refractivity contribution in [3.63, 3.8) is 0 Å². The van der Waals surface area contributed by atoms with Gasteiger partial charge in [0.15, 0.2) is 5.89 Å². The van der Waals surface area contributed by atoms with Gasteiger partial charge in [-0.3, -0.25) is 0 Å². The highest BCUT2D eigenvalue weighted by molar-refractivity contribution is 5.27. The molecule has 1 rings (SSSR count). The molecule has 10 heavy (non-hydrogen) atoms. The summed E-state index contributed by atoms with van der Waals surface area (Å²) in [5, 5.41) is 3.10. The monoisotopic (exact) mass is 140 g/mol. The lowest BCUT2D eigenvalue weighted by molar-refractivity contribution is 0.528. The molecule has 0 radical (unpaired) electrons. The minimum absolute atomic E-state index is 0.396. The highest BCUT2D eigenvalue weighted by Gasteiger charge is 1.98. The van der Waals surface area contributed by atoms with Crippen LogP contribution >= 0.6 is 0 Å². The molecule has 1 heterocycles. The Hall–Kier alpha value is -0.990. The first-order valence-electron chi connectivity index (χ1n) is 3.37. The van der Waals surface area contributed by atoms with Gasteiger partial charge in [0.2, 0.25) is 5.88 Å². The number of rotatable bonds is 2. The fraction of sp³-hybridized carbons (Fsp3) is 0.571. The van der Waals surface area contributed by atoms with E-state index in [4.69, 9.17) is 4.42 Å². The number of aryl methyl sites for hydroxylation is 1. The third-order valence-electron chi connectivity index (χ3n) is 1.05. The summed E-state index contributed by atoms with van der Waals surface area (Å²) in [6.45, 7) is 5.93. The van der Waals surface area contributed by atoms with Crippen LogP contribution in [0.3, 0.4) is 0 Å². The van der Waals surface area contributed by atoms with E-state index in [2.05, 4.69) is 24.1 Å². The molecule has 0 fully saturated rings. The summed E-state index contributed by atoms with van der Waals surface area (Å²) in [4.78, 5) is 3.94. The van der Waals surface area contributed by atoms with Crippen LogP contribution in [0.4, 0.5) is 5.88 Å². The van der Waals surface area contributed by atoms with Crippen molar-refractivity contribution >= 4 is 5.88 Å². The summed E-state index contributed by atoms with van der Waals surface area (Å²) in [5.74, 6) is 1.44. The third kappa shape index (κ3) is 1.76. The van der Waals surface area contributed by atoms with E-state index in [9.17, 15) is 0 Å². The second-order valence-electron chi connectivity index (χ2n) is 2.54. The van der Waals surface area contributed by atoms with Gasteiger partial charge in [0.1, 0.15) is 0 Å². The molecule has 0 aromatic carbocycles. The second kappa shape index (κ2) is 2.73. The maximum absolute atomic E-state index is 5.17. The van der Waals surface area contributed by atoms with Crippen molar-refractivity contribution in [1.29, 1.82) is 0 Å². The van der Waals surface area contributed by atoms with Gasteiger partial charge in [-0.1, -0.05) is 0 Å². The average molecular weight is 140 g/mol. The second-order valence-corrected chi connectivity index (χ2v) is 2.54. The maximum atomic E-state index is 5.17. The van der Waals surface area contributed by atoms with Crippen LogP contribution in [0, 0.1) is 6.92 Å². The zero-order valence-electron chi connectivity index (χ0n) is 6.51. The lowest BCUT2D eigenvalue weighted by atomic mass is 10.4. The molecule has 0 spiro atoms. The molecule has 0 aliphatic rings. The minimum Gasteiger partial charge on any atom is -0.426 e. The van der Waals surface area contributed by atoms with Crippen LogP contribution in [0.25, 0.3) is 0 Å². The molecule has 0 unspecified atom stereocenters. The molecule has 1 N–H and O–H groups in total. The zero-order chi connectivity index (χ0) is 7.56. The molecule has 3 heteroatoms. The number of hydrogen-bond donors (Lipinski definition) is 1. The Kier molecular flexibility index (Phi) is 1.94. The van der Waals surface area contributed by atoms with Crippen molar-refractivity contribution in [1.82, 2.24) is 4.98 Å². The average Bonchev–Trinajstić information content (AvgIpc) is 2.13. The van der Waals surface area contributed by atoms with Crippen LogP contribution in [0.5, 0.6) is 0 Å². The van der Waals surface area contributed by atoms with Gasteiger partial charge in [0.05, 0.1) is 6.20 Å². The van der Waals surface area contributed by atoms with Crippen molar-refractivity contribution in [2.45, 2.75) is 26.8 Å². The van der Waals surface area contributed by atoms with E-state index in [1.807, 2.05) is 6.92 Å². The first kappa shape index (κ1) is 7.12. The van der Waals surface area contributed by atoms with E-state index in [1.54, 1.807) is 6.20 Å². The number of anilines is 1. The number of aromatic nitrogens is 1. The third-order valence-corrected chi connectivity index (χ3v) is 1.05. The molecule has 0 amide bonds. The summed E-state index contributed by atoms with van der Waals surface area (Å²) >= 11 is 0. The molecule has 0 bridgehead atoms. The number of oxazole rings is 1. The molecular formula is C7H12N2O. The minimum atomic E-state index is 0.396. The summed E-state index contributed by atoms with van der Waals surface area (Å²) in [6, 6.07) is 0.396. The fourth-order valence-electron chi connectivity index (χ4n) is 0.713. The summed E-state index contributed by atoms with van der Waals surface area (Å²) in [6.07, 6.45) is 1.69. The van der Waals surface area contributed by atoms with E-state index < -0.39 is 0 Å². The van der Waals surface area contributed by atoms with Crippen LogP contribution in [0.1, 0.15) is 19.7 Å². The highest BCUT2D eigenvalue weighted by Crippen LogP contribution is 2.08. The summed E-state index contributed by atoms with van der Waals surface area (Å²) in [5.41, 5.74) is 0. The van der Waals surface area contributed by atoms with Gasteiger partial charge in [-0.05, 0) is 13.8 Å². The van der Waals surface area contributed by atoms with E-state index in [0.29, 0.717) is 11.9 Å². The van der Waals surface area contributed by atoms with Crippen LogP contribution in [-0.4, -0.2) is 11.0 Å². The van der Waals surface area contributed by atoms with E-state index >= 15 is 0 Å². The number of nitrogens with zero attached hydrogens (tertiary/aromatic N) is 1. The van der Waals surface area contributed by atoms with E-state index in [0.717, 1.165) is 5.88 Å². The van der Waals surface area contributed by atoms with E-state index in [1.165, 1.54) is 0 Å². The van der Waals surface area contributed by atoms with Crippen LogP contribution < -0.4 is 5.32 Å². The van der Waals surface area contributed by atoms with Crippen molar-refractivity contribution in [3.8, 4) is 0 Å². The normalized spacial score (nSPS) is 10.4. The van der Waals surface area contributed by atoms with Crippen molar-refractivity contribution in [2.75, 3.05) is 5.32 Å². The first-order chi connectivity index (χ1) is 4.68. The van der Waals surface area contributed by atoms with Crippen molar-refractivity contribution in [3.05, 3.63) is 12.1 Å². The molecule has 1 aromatic rings. The molecule has 3 nitrogen and oxygen atoms in total. The van der Waals surface area contributed by atoms with E-state index in [-0.39, 0.29) is 0 Å². The molecule has 0 aliphatic carbocycles. The number of hydrogen-bond acceptors (Lipinski definition) is 3. The van der Waals surface area contributed by atoms with Gasteiger partial charge >= 0.3 is 0 Å². The van der Waals surface area contributed by atoms with Gasteiger partial charge in [-0.2, -0.15) is 0 Å². The lowest BCUT2D eigenvalue weighted by Gasteiger charge is -2.03. The highest BCUT2D eigenvalue weighted by atomic mass is 16.4. The Morgan fingerprint density at radius 2 is 2.30 bits per heavy atom. The van der Waals surface area contributed by atoms with Gasteiger partial charge in [0, 0.05) is 13.0 Å². The molecule has 0 saturated carbocycles. The number of nitrogens with one attached hydrogen (secondary N) is 1. The Morgan fingerprint density at radius 1 is 1.60 bits per heavy atom. The van der Waals surface area contributed by atoms with Gasteiger partial charge in [-0.25, -0.2) is 4.98 Å². The Morgan fingerprint density at radius 3 is 2.70 bits per heavy atom. The molecule has 0 saturated heterocycles. The quantitative estimate of drug-likeness (QED) is 0.680. The lowest BCUT2D eigenvalue weighted by Crippen LogP contribution is -2.08. The first-order valence-corrected chi connectivity index (χ1v) is 3.37. The molecule has 0 aliphatic heterocycles. The molecule has 1 aromatic heterocycles. The Labute approximate surface area is 60.5 Å². The largest absolute Gasteiger partial charge is 0.426 e. The van der Waals surface area contributed by atoms with Crippen LogP contribution in [0.2, 0.25) is 0 Å². The summed E-state index contributed by atoms with van der Waals surface area (Å²) < 4.78 is 5.17. The predicted octanol–water partition coefficient (Wildman–Crippen LogP) is 1.80. The Bertz CT molecular complexity index is 205. The molecule has 56 valence electrons. The zero-order valence-corrected chi connectivity index (χ0v) is 6.51. The predicted molar refractivity (Wildman–Crippen MR) is 40.0 cm³/mol. The van der Waals surface area contributed by atoms with Crippen molar-refractivity contribution < 1.29 is 4.42 Å². The SMILES string of the molecule is Cc1ncc(NC(C)C)o1. The van der Waals surface area contributed by atoms with Gasteiger partial charge in [0.25, 0.3) is 0 Å². The Balaban J connectivity index is 2.58. The smallest absolute Gasteiger partial charge is 0.213 e. The topological polar surface area (TPSA) is 38.1 Å². The van der Waals surface area contributed by atoms with Crippen LogP contribution in [-0.2, 0) is 0 Å².